The number of fused-ring (bicyclic) bond motifs is 1. The van der Waals surface area contributed by atoms with Crippen LogP contribution < -0.4 is 15.0 Å². The summed E-state index contributed by atoms with van der Waals surface area (Å²) >= 11 is 0. The van der Waals surface area contributed by atoms with Gasteiger partial charge in [-0.3, -0.25) is 9.89 Å². The summed E-state index contributed by atoms with van der Waals surface area (Å²) in [7, 11) is 3.61. The van der Waals surface area contributed by atoms with E-state index in [-0.39, 0.29) is 12.1 Å². The minimum absolute atomic E-state index is 0.0828. The molecule has 4 rings (SSSR count). The number of amides is 1. The molecule has 0 radical (unpaired) electrons. The molecule has 1 aliphatic rings. The largest absolute Gasteiger partial charge is 0.497 e. The normalized spacial score (nSPS) is 16.3. The first-order valence-electron chi connectivity index (χ1n) is 7.99. The Labute approximate surface area is 145 Å². The molecule has 0 saturated heterocycles. The van der Waals surface area contributed by atoms with Crippen molar-refractivity contribution in [1.29, 1.82) is 0 Å². The number of carbonyl (C=O) groups is 1. The zero-order valence-electron chi connectivity index (χ0n) is 14.0. The lowest BCUT2D eigenvalue weighted by Crippen LogP contribution is -2.44. The second kappa shape index (κ2) is 5.98. The summed E-state index contributed by atoms with van der Waals surface area (Å²) < 4.78 is 5.21. The molecule has 2 aromatic carbocycles. The summed E-state index contributed by atoms with van der Waals surface area (Å²) in [5.74, 6) is 0.711. The van der Waals surface area contributed by atoms with E-state index in [1.54, 1.807) is 13.3 Å². The first-order valence-corrected chi connectivity index (χ1v) is 7.99. The van der Waals surface area contributed by atoms with Gasteiger partial charge in [-0.25, -0.2) is 0 Å². The predicted molar refractivity (Wildman–Crippen MR) is 95.6 cm³/mol. The Bertz CT molecular complexity index is 917. The van der Waals surface area contributed by atoms with Gasteiger partial charge in [0.15, 0.2) is 0 Å². The van der Waals surface area contributed by atoms with Gasteiger partial charge in [0.05, 0.1) is 30.3 Å². The van der Waals surface area contributed by atoms with E-state index in [4.69, 9.17) is 4.74 Å². The minimum Gasteiger partial charge on any atom is -0.497 e. The standard InChI is InChI=1S/C19H18N4O2/c1-23-16-6-4-3-5-14(16)19(24)21-18(23)15-11-20-22-17(15)12-7-9-13(25-2)10-8-12/h3-11,18H,1-2H3,(H,20,22)(H,21,24)/t18-/m1/s1. The summed E-state index contributed by atoms with van der Waals surface area (Å²) in [6, 6.07) is 15.3. The zero-order valence-corrected chi connectivity index (χ0v) is 14.0. The maximum atomic E-state index is 12.5. The molecular weight excluding hydrogens is 316 g/mol. The molecule has 25 heavy (non-hydrogen) atoms. The van der Waals surface area contributed by atoms with E-state index in [0.717, 1.165) is 28.3 Å². The maximum Gasteiger partial charge on any atom is 0.255 e. The van der Waals surface area contributed by atoms with Crippen LogP contribution in [0.2, 0.25) is 0 Å². The van der Waals surface area contributed by atoms with Gasteiger partial charge in [0, 0.05) is 18.2 Å². The van der Waals surface area contributed by atoms with Crippen molar-refractivity contribution in [2.24, 2.45) is 0 Å². The Morgan fingerprint density at radius 3 is 2.64 bits per heavy atom. The van der Waals surface area contributed by atoms with Crippen molar-refractivity contribution in [3.63, 3.8) is 0 Å². The van der Waals surface area contributed by atoms with Gasteiger partial charge in [-0.05, 0) is 36.4 Å². The molecule has 0 unspecified atom stereocenters. The number of aromatic nitrogens is 2. The van der Waals surface area contributed by atoms with Gasteiger partial charge in [-0.1, -0.05) is 12.1 Å². The number of hydrogen-bond donors (Lipinski definition) is 2. The van der Waals surface area contributed by atoms with Crippen molar-refractivity contribution in [2.45, 2.75) is 6.17 Å². The molecule has 3 aromatic rings. The molecule has 0 spiro atoms. The number of anilines is 1. The topological polar surface area (TPSA) is 70.2 Å². The molecule has 1 aliphatic heterocycles. The van der Waals surface area contributed by atoms with Crippen molar-refractivity contribution >= 4 is 11.6 Å². The number of H-pyrrole nitrogens is 1. The van der Waals surface area contributed by atoms with E-state index < -0.39 is 0 Å². The maximum absolute atomic E-state index is 12.5. The highest BCUT2D eigenvalue weighted by atomic mass is 16.5. The average molecular weight is 334 g/mol. The summed E-state index contributed by atoms with van der Waals surface area (Å²) in [4.78, 5) is 14.5. The van der Waals surface area contributed by atoms with E-state index in [9.17, 15) is 4.79 Å². The van der Waals surface area contributed by atoms with E-state index in [0.29, 0.717) is 5.56 Å². The zero-order chi connectivity index (χ0) is 17.4. The molecule has 0 fully saturated rings. The Morgan fingerprint density at radius 1 is 1.12 bits per heavy atom. The predicted octanol–water partition coefficient (Wildman–Crippen LogP) is 2.96. The van der Waals surface area contributed by atoms with Crippen molar-refractivity contribution in [3.05, 3.63) is 65.9 Å². The van der Waals surface area contributed by atoms with Crippen LogP contribution in [-0.4, -0.2) is 30.3 Å². The van der Waals surface area contributed by atoms with E-state index >= 15 is 0 Å². The summed E-state index contributed by atoms with van der Waals surface area (Å²) in [6.45, 7) is 0. The molecular formula is C19H18N4O2. The van der Waals surface area contributed by atoms with Crippen LogP contribution in [0.3, 0.4) is 0 Å². The molecule has 0 aliphatic carbocycles. The molecule has 2 N–H and O–H groups in total. The molecule has 6 nitrogen and oxygen atoms in total. The lowest BCUT2D eigenvalue weighted by Gasteiger charge is -2.36. The number of methoxy groups -OCH3 is 1. The van der Waals surface area contributed by atoms with E-state index in [1.807, 2.05) is 55.6 Å². The van der Waals surface area contributed by atoms with Crippen LogP contribution in [0, 0.1) is 0 Å². The fraction of sp³-hybridized carbons (Fsp3) is 0.158. The number of benzene rings is 2. The Kier molecular flexibility index (Phi) is 3.65. The summed E-state index contributed by atoms with van der Waals surface area (Å²) in [5.41, 5.74) is 4.35. The number of para-hydroxylation sites is 1. The van der Waals surface area contributed by atoms with E-state index in [1.165, 1.54) is 0 Å². The van der Waals surface area contributed by atoms with Gasteiger partial charge in [0.25, 0.3) is 5.91 Å². The number of nitrogens with one attached hydrogen (secondary N) is 2. The fourth-order valence-corrected chi connectivity index (χ4v) is 3.19. The van der Waals surface area contributed by atoms with Crippen LogP contribution in [0.15, 0.2) is 54.7 Å². The first kappa shape index (κ1) is 15.3. The van der Waals surface area contributed by atoms with Gasteiger partial charge in [0.2, 0.25) is 0 Å². The number of carbonyl (C=O) groups excluding carboxylic acids is 1. The van der Waals surface area contributed by atoms with Crippen molar-refractivity contribution in [3.8, 4) is 17.0 Å². The first-order chi connectivity index (χ1) is 12.2. The number of nitrogens with zero attached hydrogens (tertiary/aromatic N) is 2. The third-order valence-electron chi connectivity index (χ3n) is 4.53. The van der Waals surface area contributed by atoms with Gasteiger partial charge in [-0.2, -0.15) is 5.10 Å². The summed E-state index contributed by atoms with van der Waals surface area (Å²) in [5, 5.41) is 10.3. The number of hydrogen-bond acceptors (Lipinski definition) is 4. The monoisotopic (exact) mass is 334 g/mol. The van der Waals surface area contributed by atoms with Gasteiger partial charge < -0.3 is 15.0 Å². The lowest BCUT2D eigenvalue weighted by molar-refractivity contribution is 0.0928. The van der Waals surface area contributed by atoms with Crippen LogP contribution in [0.5, 0.6) is 5.75 Å². The molecule has 0 saturated carbocycles. The molecule has 2 heterocycles. The second-order valence-corrected chi connectivity index (χ2v) is 5.93. The Morgan fingerprint density at radius 2 is 1.88 bits per heavy atom. The van der Waals surface area contributed by atoms with Crippen LogP contribution in [-0.2, 0) is 0 Å². The molecule has 126 valence electrons. The Hall–Kier alpha value is -3.28. The molecule has 1 atom stereocenters. The van der Waals surface area contributed by atoms with Gasteiger partial charge in [-0.15, -0.1) is 0 Å². The quantitative estimate of drug-likeness (QED) is 0.772. The third kappa shape index (κ3) is 2.52. The third-order valence-corrected chi connectivity index (χ3v) is 4.53. The van der Waals surface area contributed by atoms with Crippen LogP contribution >= 0.6 is 0 Å². The van der Waals surface area contributed by atoms with Crippen LogP contribution in [0.25, 0.3) is 11.3 Å². The Balaban J connectivity index is 1.74. The van der Waals surface area contributed by atoms with Crippen molar-refractivity contribution in [1.82, 2.24) is 15.5 Å². The highest BCUT2D eigenvalue weighted by molar-refractivity contribution is 6.02. The minimum atomic E-state index is -0.293. The number of ether oxygens (including phenoxy) is 1. The van der Waals surface area contributed by atoms with Crippen molar-refractivity contribution in [2.75, 3.05) is 19.1 Å². The molecule has 1 aromatic heterocycles. The fourth-order valence-electron chi connectivity index (χ4n) is 3.19. The van der Waals surface area contributed by atoms with Gasteiger partial charge >= 0.3 is 0 Å². The number of rotatable bonds is 3. The second-order valence-electron chi connectivity index (χ2n) is 5.93. The summed E-state index contributed by atoms with van der Waals surface area (Å²) in [6.07, 6.45) is 1.47. The smallest absolute Gasteiger partial charge is 0.255 e. The molecule has 0 bridgehead atoms. The van der Waals surface area contributed by atoms with Crippen molar-refractivity contribution < 1.29 is 9.53 Å². The van der Waals surface area contributed by atoms with Crippen LogP contribution in [0.4, 0.5) is 5.69 Å². The lowest BCUT2D eigenvalue weighted by atomic mass is 10.0. The van der Waals surface area contributed by atoms with Gasteiger partial charge in [0.1, 0.15) is 11.9 Å². The number of aromatic amines is 1. The molecule has 6 heteroatoms. The van der Waals surface area contributed by atoms with E-state index in [2.05, 4.69) is 20.4 Å². The SMILES string of the molecule is COc1ccc(-c2[nH]ncc2[C@@H]2NC(=O)c3ccccc3N2C)cc1. The molecule has 1 amide bonds. The highest BCUT2D eigenvalue weighted by Gasteiger charge is 2.31. The van der Waals surface area contributed by atoms with Crippen LogP contribution in [0.1, 0.15) is 22.1 Å². The average Bonchev–Trinajstić information content (AvgIpc) is 3.14. The highest BCUT2D eigenvalue weighted by Crippen LogP contribution is 2.35.